The average molecular weight is 372 g/mol. The van der Waals surface area contributed by atoms with Crippen LogP contribution in [0.25, 0.3) is 0 Å². The third-order valence-corrected chi connectivity index (χ3v) is 6.13. The van der Waals surface area contributed by atoms with Crippen molar-refractivity contribution in [3.05, 3.63) is 68.5 Å². The van der Waals surface area contributed by atoms with Gasteiger partial charge in [-0.3, -0.25) is 14.3 Å². The molecule has 6 atom stereocenters. The van der Waals surface area contributed by atoms with Gasteiger partial charge in [-0.05, 0) is 24.8 Å². The first-order chi connectivity index (χ1) is 13.0. The number of aryl methyl sites for hydroxylation is 1. The largest absolute Gasteiger partial charge is 0.396 e. The lowest BCUT2D eigenvalue weighted by Gasteiger charge is -2.38. The van der Waals surface area contributed by atoms with Crippen LogP contribution in [-0.4, -0.2) is 38.6 Å². The predicted molar refractivity (Wildman–Crippen MR) is 98.3 cm³/mol. The van der Waals surface area contributed by atoms with Gasteiger partial charge in [0.1, 0.15) is 0 Å². The molecule has 3 N–H and O–H groups in total. The molecule has 2 bridgehead atoms. The molecule has 0 amide bonds. The fourth-order valence-electron chi connectivity index (χ4n) is 4.85. The van der Waals surface area contributed by atoms with Gasteiger partial charge < -0.3 is 14.9 Å². The van der Waals surface area contributed by atoms with E-state index in [1.807, 2.05) is 30.3 Å². The van der Waals surface area contributed by atoms with E-state index in [1.54, 1.807) is 6.92 Å². The summed E-state index contributed by atoms with van der Waals surface area (Å²) in [6, 6.07) is 9.30. The number of aliphatic hydroxyl groups is 2. The summed E-state index contributed by atoms with van der Waals surface area (Å²) in [5, 5.41) is 20.7. The number of benzene rings is 1. The van der Waals surface area contributed by atoms with Crippen LogP contribution in [0.4, 0.5) is 0 Å². The highest BCUT2D eigenvalue weighted by atomic mass is 16.5. The minimum absolute atomic E-state index is 0.0655. The SMILES string of the molecule is Cc1cn([C@H]2[C@H](O)[C@@H]3C[C@H]2[C@@H](OCc2ccccc2)[C@@H]3CO)c(=O)[nH]c1=O. The zero-order valence-corrected chi connectivity index (χ0v) is 15.1. The molecule has 2 aromatic rings. The Morgan fingerprint density at radius 1 is 1.22 bits per heavy atom. The summed E-state index contributed by atoms with van der Waals surface area (Å²) in [5.74, 6) is -0.400. The molecule has 1 heterocycles. The van der Waals surface area contributed by atoms with Crippen LogP contribution < -0.4 is 11.2 Å². The fraction of sp³-hybridized carbons (Fsp3) is 0.500. The number of rotatable bonds is 5. The lowest BCUT2D eigenvalue weighted by Crippen LogP contribution is -2.48. The highest BCUT2D eigenvalue weighted by Gasteiger charge is 2.59. The molecule has 4 rings (SSSR count). The molecule has 7 nitrogen and oxygen atoms in total. The summed E-state index contributed by atoms with van der Waals surface area (Å²) >= 11 is 0. The number of aromatic nitrogens is 2. The van der Waals surface area contributed by atoms with Crippen LogP contribution in [0.5, 0.6) is 0 Å². The Bertz CT molecular complexity index is 922. The monoisotopic (exact) mass is 372 g/mol. The van der Waals surface area contributed by atoms with E-state index in [2.05, 4.69) is 4.98 Å². The van der Waals surface area contributed by atoms with Crippen molar-refractivity contribution in [1.29, 1.82) is 0 Å². The first-order valence-electron chi connectivity index (χ1n) is 9.27. The molecular weight excluding hydrogens is 348 g/mol. The van der Waals surface area contributed by atoms with E-state index in [-0.39, 0.29) is 30.5 Å². The summed E-state index contributed by atoms with van der Waals surface area (Å²) in [7, 11) is 0. The van der Waals surface area contributed by atoms with Crippen LogP contribution in [0.1, 0.15) is 23.6 Å². The van der Waals surface area contributed by atoms with Crippen LogP contribution in [0, 0.1) is 24.7 Å². The summed E-state index contributed by atoms with van der Waals surface area (Å²) in [6.45, 7) is 1.98. The van der Waals surface area contributed by atoms with Gasteiger partial charge in [-0.2, -0.15) is 0 Å². The number of aromatic amines is 1. The Balaban J connectivity index is 1.63. The number of hydrogen-bond acceptors (Lipinski definition) is 5. The van der Waals surface area contributed by atoms with Gasteiger partial charge in [0.05, 0.1) is 24.9 Å². The van der Waals surface area contributed by atoms with Gasteiger partial charge in [-0.1, -0.05) is 30.3 Å². The number of nitrogens with zero attached hydrogens (tertiary/aromatic N) is 1. The van der Waals surface area contributed by atoms with E-state index in [4.69, 9.17) is 4.74 Å². The molecule has 1 aromatic heterocycles. The van der Waals surface area contributed by atoms with Crippen LogP contribution in [0.15, 0.2) is 46.1 Å². The zero-order valence-electron chi connectivity index (χ0n) is 15.1. The van der Waals surface area contributed by atoms with Gasteiger partial charge in [0, 0.05) is 30.2 Å². The summed E-state index contributed by atoms with van der Waals surface area (Å²) in [5.41, 5.74) is 0.514. The maximum atomic E-state index is 12.3. The fourth-order valence-corrected chi connectivity index (χ4v) is 4.85. The van der Waals surface area contributed by atoms with Crippen molar-refractivity contribution in [2.75, 3.05) is 6.61 Å². The predicted octanol–water partition coefficient (Wildman–Crippen LogP) is 0.591. The van der Waals surface area contributed by atoms with Gasteiger partial charge in [0.2, 0.25) is 0 Å². The molecule has 0 unspecified atom stereocenters. The number of H-pyrrole nitrogens is 1. The van der Waals surface area contributed by atoms with E-state index in [9.17, 15) is 19.8 Å². The lowest BCUT2D eigenvalue weighted by molar-refractivity contribution is -0.0937. The van der Waals surface area contributed by atoms with Crippen molar-refractivity contribution in [3.8, 4) is 0 Å². The molecule has 2 aliphatic rings. The third-order valence-electron chi connectivity index (χ3n) is 6.13. The number of hydrogen-bond donors (Lipinski definition) is 3. The first-order valence-corrected chi connectivity index (χ1v) is 9.27. The third kappa shape index (κ3) is 3.05. The Labute approximate surface area is 156 Å². The second-order valence-corrected chi connectivity index (χ2v) is 7.63. The molecule has 0 aliphatic heterocycles. The minimum atomic E-state index is -0.758. The molecule has 2 saturated carbocycles. The first kappa shape index (κ1) is 18.2. The van der Waals surface area contributed by atoms with Crippen LogP contribution in [0.2, 0.25) is 0 Å². The second-order valence-electron chi connectivity index (χ2n) is 7.63. The van der Waals surface area contributed by atoms with Crippen molar-refractivity contribution in [1.82, 2.24) is 9.55 Å². The van der Waals surface area contributed by atoms with Crippen LogP contribution >= 0.6 is 0 Å². The molecular formula is C20H24N2O5. The van der Waals surface area contributed by atoms with E-state index < -0.39 is 23.4 Å². The van der Waals surface area contributed by atoms with Crippen LogP contribution in [-0.2, 0) is 11.3 Å². The normalized spacial score (nSPS) is 32.1. The standard InChI is InChI=1S/C20H24N2O5/c1-11-8-22(20(26)21-19(11)25)16-14-7-13(17(16)24)15(9-23)18(14)27-10-12-5-3-2-4-6-12/h2-6,8,13-18,23-24H,7,9-10H2,1H3,(H,21,25,26)/t13-,14-,15-,16-,17-,18-/m1/s1. The van der Waals surface area contributed by atoms with Gasteiger partial charge >= 0.3 is 5.69 Å². The van der Waals surface area contributed by atoms with Crippen molar-refractivity contribution < 1.29 is 14.9 Å². The molecule has 144 valence electrons. The van der Waals surface area contributed by atoms with E-state index in [0.717, 1.165) is 5.56 Å². The summed E-state index contributed by atoms with van der Waals surface area (Å²) < 4.78 is 7.59. The van der Waals surface area contributed by atoms with Crippen molar-refractivity contribution >= 4 is 0 Å². The molecule has 0 saturated heterocycles. The number of nitrogens with one attached hydrogen (secondary N) is 1. The molecule has 27 heavy (non-hydrogen) atoms. The molecule has 0 radical (unpaired) electrons. The maximum absolute atomic E-state index is 12.3. The Morgan fingerprint density at radius 2 is 1.96 bits per heavy atom. The van der Waals surface area contributed by atoms with Crippen molar-refractivity contribution in [2.24, 2.45) is 17.8 Å². The number of ether oxygens (including phenoxy) is 1. The Hall–Kier alpha value is -2.22. The Kier molecular flexibility index (Phi) is 4.75. The highest BCUT2D eigenvalue weighted by molar-refractivity contribution is 5.15. The van der Waals surface area contributed by atoms with E-state index in [0.29, 0.717) is 18.6 Å². The molecule has 2 aliphatic carbocycles. The van der Waals surface area contributed by atoms with E-state index in [1.165, 1.54) is 10.8 Å². The van der Waals surface area contributed by atoms with Gasteiger partial charge in [0.25, 0.3) is 5.56 Å². The highest BCUT2D eigenvalue weighted by Crippen LogP contribution is 2.54. The van der Waals surface area contributed by atoms with Gasteiger partial charge in [-0.15, -0.1) is 0 Å². The van der Waals surface area contributed by atoms with Crippen molar-refractivity contribution in [2.45, 2.75) is 38.2 Å². The average Bonchev–Trinajstić information content (AvgIpc) is 3.18. The number of fused-ring (bicyclic) bond motifs is 2. The van der Waals surface area contributed by atoms with Crippen LogP contribution in [0.3, 0.4) is 0 Å². The second kappa shape index (κ2) is 7.07. The molecule has 7 heteroatoms. The van der Waals surface area contributed by atoms with Gasteiger partial charge in [-0.25, -0.2) is 4.79 Å². The van der Waals surface area contributed by atoms with E-state index >= 15 is 0 Å². The topological polar surface area (TPSA) is 105 Å². The quantitative estimate of drug-likeness (QED) is 0.713. The molecule has 0 spiro atoms. The number of aliphatic hydroxyl groups excluding tert-OH is 2. The molecule has 1 aromatic carbocycles. The zero-order chi connectivity index (χ0) is 19.1. The smallest absolute Gasteiger partial charge is 0.328 e. The minimum Gasteiger partial charge on any atom is -0.396 e. The maximum Gasteiger partial charge on any atom is 0.328 e. The van der Waals surface area contributed by atoms with Gasteiger partial charge in [0.15, 0.2) is 0 Å². The molecule has 2 fully saturated rings. The lowest BCUT2D eigenvalue weighted by atomic mass is 9.81. The van der Waals surface area contributed by atoms with Crippen molar-refractivity contribution in [3.63, 3.8) is 0 Å². The summed E-state index contributed by atoms with van der Waals surface area (Å²) in [6.07, 6.45) is 1.18. The Morgan fingerprint density at radius 3 is 2.67 bits per heavy atom. The summed E-state index contributed by atoms with van der Waals surface area (Å²) in [4.78, 5) is 26.3.